The Kier molecular flexibility index (Phi) is 5.37. The SMILES string of the molecule is CCCCCC(C)CCc1cc(O)c2c(c1)OC(C)(C)C1=C2C2CCN1CC2. The van der Waals surface area contributed by atoms with E-state index in [-0.39, 0.29) is 5.60 Å². The Morgan fingerprint density at radius 3 is 2.64 bits per heavy atom. The number of fused-ring (bicyclic) bond motifs is 3. The number of nitrogens with zero attached hydrogens (tertiary/aromatic N) is 1. The van der Waals surface area contributed by atoms with Gasteiger partial charge in [-0.3, -0.25) is 0 Å². The Hall–Kier alpha value is -1.64. The van der Waals surface area contributed by atoms with Crippen LogP contribution in [0.15, 0.2) is 17.8 Å². The summed E-state index contributed by atoms with van der Waals surface area (Å²) in [4.78, 5) is 2.49. The van der Waals surface area contributed by atoms with Gasteiger partial charge in [-0.25, -0.2) is 0 Å². The molecule has 0 saturated carbocycles. The van der Waals surface area contributed by atoms with Crippen LogP contribution < -0.4 is 4.74 Å². The molecule has 0 radical (unpaired) electrons. The molecule has 154 valence electrons. The van der Waals surface area contributed by atoms with Crippen molar-refractivity contribution in [2.24, 2.45) is 11.8 Å². The number of piperidine rings is 1. The summed E-state index contributed by atoms with van der Waals surface area (Å²) in [5, 5.41) is 11.0. The average molecular weight is 384 g/mol. The second kappa shape index (κ2) is 7.65. The van der Waals surface area contributed by atoms with E-state index >= 15 is 0 Å². The number of hydrogen-bond acceptors (Lipinski definition) is 3. The first kappa shape index (κ1) is 19.7. The number of rotatable bonds is 7. The monoisotopic (exact) mass is 383 g/mol. The largest absolute Gasteiger partial charge is 0.507 e. The topological polar surface area (TPSA) is 32.7 Å². The van der Waals surface area contributed by atoms with Gasteiger partial charge in [0, 0.05) is 13.1 Å². The fourth-order valence-electron chi connectivity index (χ4n) is 5.56. The summed E-state index contributed by atoms with van der Waals surface area (Å²) in [6.07, 6.45) is 9.85. The molecule has 1 aromatic rings. The first-order chi connectivity index (χ1) is 13.4. The van der Waals surface area contributed by atoms with Crippen LogP contribution in [0.5, 0.6) is 11.5 Å². The van der Waals surface area contributed by atoms with Crippen LogP contribution in [0, 0.1) is 11.8 Å². The van der Waals surface area contributed by atoms with Crippen molar-refractivity contribution < 1.29 is 9.84 Å². The molecule has 4 aliphatic heterocycles. The molecule has 1 saturated heterocycles. The molecule has 1 aromatic carbocycles. The molecule has 4 heterocycles. The Morgan fingerprint density at radius 1 is 1.18 bits per heavy atom. The molecule has 5 rings (SSSR count). The number of benzene rings is 1. The zero-order valence-electron chi connectivity index (χ0n) is 18.2. The molecule has 0 aromatic heterocycles. The Bertz CT molecular complexity index is 756. The lowest BCUT2D eigenvalue weighted by atomic mass is 9.74. The molecule has 0 spiro atoms. The number of unbranched alkanes of at least 4 members (excludes halogenated alkanes) is 2. The Balaban J connectivity index is 1.58. The summed E-state index contributed by atoms with van der Waals surface area (Å²) in [7, 11) is 0. The summed E-state index contributed by atoms with van der Waals surface area (Å²) < 4.78 is 6.49. The summed E-state index contributed by atoms with van der Waals surface area (Å²) >= 11 is 0. The van der Waals surface area contributed by atoms with Gasteiger partial charge in [-0.2, -0.15) is 0 Å². The molecule has 0 amide bonds. The van der Waals surface area contributed by atoms with Gasteiger partial charge in [0.1, 0.15) is 17.1 Å². The molecule has 28 heavy (non-hydrogen) atoms. The van der Waals surface area contributed by atoms with E-state index in [1.165, 1.54) is 61.8 Å². The number of aryl methyl sites for hydroxylation is 1. The van der Waals surface area contributed by atoms with E-state index in [4.69, 9.17) is 4.74 Å². The van der Waals surface area contributed by atoms with E-state index in [1.807, 2.05) is 6.07 Å². The maximum absolute atomic E-state index is 11.0. The van der Waals surface area contributed by atoms with Gasteiger partial charge < -0.3 is 14.7 Å². The molecule has 3 heteroatoms. The lowest BCUT2D eigenvalue weighted by molar-refractivity contribution is 0.0769. The highest BCUT2D eigenvalue weighted by Gasteiger charge is 2.46. The second-order valence-corrected chi connectivity index (χ2v) is 9.76. The summed E-state index contributed by atoms with van der Waals surface area (Å²) in [5.41, 5.74) is 4.54. The van der Waals surface area contributed by atoms with E-state index in [0.29, 0.717) is 11.7 Å². The number of aromatic hydroxyl groups is 1. The van der Waals surface area contributed by atoms with E-state index in [9.17, 15) is 5.11 Å². The van der Waals surface area contributed by atoms with Gasteiger partial charge in [-0.15, -0.1) is 0 Å². The lowest BCUT2D eigenvalue weighted by Gasteiger charge is -2.51. The van der Waals surface area contributed by atoms with Crippen molar-refractivity contribution in [3.05, 3.63) is 29.0 Å². The zero-order valence-corrected chi connectivity index (χ0v) is 18.2. The van der Waals surface area contributed by atoms with Gasteiger partial charge in [0.15, 0.2) is 0 Å². The predicted octanol–water partition coefficient (Wildman–Crippen LogP) is 6.15. The molecule has 1 atom stereocenters. The molecule has 1 fully saturated rings. The molecule has 2 bridgehead atoms. The smallest absolute Gasteiger partial charge is 0.143 e. The predicted molar refractivity (Wildman–Crippen MR) is 116 cm³/mol. The van der Waals surface area contributed by atoms with Crippen LogP contribution in [-0.4, -0.2) is 28.7 Å². The van der Waals surface area contributed by atoms with Gasteiger partial charge in [-0.1, -0.05) is 39.5 Å². The highest BCUT2D eigenvalue weighted by Crippen LogP contribution is 2.54. The van der Waals surface area contributed by atoms with Crippen molar-refractivity contribution >= 4 is 5.57 Å². The van der Waals surface area contributed by atoms with E-state index in [2.05, 4.69) is 38.7 Å². The summed E-state index contributed by atoms with van der Waals surface area (Å²) in [5.74, 6) is 2.62. The van der Waals surface area contributed by atoms with Crippen molar-refractivity contribution in [2.45, 2.75) is 84.7 Å². The quantitative estimate of drug-likeness (QED) is 0.573. The number of allylic oxidation sites excluding steroid dienone is 1. The zero-order chi connectivity index (χ0) is 19.9. The van der Waals surface area contributed by atoms with Crippen molar-refractivity contribution in [1.82, 2.24) is 4.90 Å². The third kappa shape index (κ3) is 3.53. The molecule has 1 unspecified atom stereocenters. The number of hydrogen-bond donors (Lipinski definition) is 1. The minimum atomic E-state index is -0.320. The van der Waals surface area contributed by atoms with Crippen molar-refractivity contribution in [3.63, 3.8) is 0 Å². The maximum atomic E-state index is 11.0. The average Bonchev–Trinajstić information content (AvgIpc) is 2.66. The highest BCUT2D eigenvalue weighted by molar-refractivity contribution is 5.82. The lowest BCUT2D eigenvalue weighted by Crippen LogP contribution is -2.50. The van der Waals surface area contributed by atoms with Crippen LogP contribution in [0.1, 0.15) is 83.8 Å². The summed E-state index contributed by atoms with van der Waals surface area (Å²) in [6, 6.07) is 4.21. The molecule has 1 N–H and O–H groups in total. The first-order valence-corrected chi connectivity index (χ1v) is 11.5. The minimum absolute atomic E-state index is 0.320. The van der Waals surface area contributed by atoms with Gasteiger partial charge in [0.05, 0.1) is 11.3 Å². The van der Waals surface area contributed by atoms with E-state index in [0.717, 1.165) is 36.7 Å². The molecule has 3 nitrogen and oxygen atoms in total. The van der Waals surface area contributed by atoms with Crippen molar-refractivity contribution in [1.29, 1.82) is 0 Å². The van der Waals surface area contributed by atoms with Crippen LogP contribution in [0.4, 0.5) is 0 Å². The molecular weight excluding hydrogens is 346 g/mol. The van der Waals surface area contributed by atoms with Gasteiger partial charge in [0.2, 0.25) is 0 Å². The third-order valence-electron chi connectivity index (χ3n) is 7.05. The van der Waals surface area contributed by atoms with Gasteiger partial charge in [0.25, 0.3) is 0 Å². The van der Waals surface area contributed by atoms with Crippen LogP contribution in [0.2, 0.25) is 0 Å². The van der Waals surface area contributed by atoms with Crippen molar-refractivity contribution in [2.75, 3.05) is 13.1 Å². The fraction of sp³-hybridized carbons (Fsp3) is 0.680. The van der Waals surface area contributed by atoms with Crippen LogP contribution in [0.3, 0.4) is 0 Å². The standard InChI is InChI=1S/C25H37NO2/c1-5-6-7-8-17(2)9-10-18-15-20(27)23-21(16-18)28-25(3,4)24-22(23)19-11-13-26(24)14-12-19/h15-17,19,27H,5-14H2,1-4H3. The normalized spacial score (nSPS) is 21.4. The van der Waals surface area contributed by atoms with Crippen LogP contribution >= 0.6 is 0 Å². The number of phenolic OH excluding ortho intramolecular Hbond substituents is 1. The molecule has 0 aliphatic carbocycles. The van der Waals surface area contributed by atoms with Gasteiger partial charge in [-0.05, 0) is 74.6 Å². The minimum Gasteiger partial charge on any atom is -0.507 e. The highest BCUT2D eigenvalue weighted by atomic mass is 16.5. The second-order valence-electron chi connectivity index (χ2n) is 9.76. The molecule has 4 aliphatic rings. The Morgan fingerprint density at radius 2 is 1.93 bits per heavy atom. The Labute approximate surface area is 170 Å². The number of phenols is 1. The maximum Gasteiger partial charge on any atom is 0.143 e. The summed E-state index contributed by atoms with van der Waals surface area (Å²) in [6.45, 7) is 11.2. The fourth-order valence-corrected chi connectivity index (χ4v) is 5.56. The van der Waals surface area contributed by atoms with Crippen LogP contribution in [0.25, 0.3) is 5.57 Å². The van der Waals surface area contributed by atoms with E-state index in [1.54, 1.807) is 0 Å². The van der Waals surface area contributed by atoms with Crippen LogP contribution in [-0.2, 0) is 6.42 Å². The van der Waals surface area contributed by atoms with E-state index < -0.39 is 0 Å². The van der Waals surface area contributed by atoms with Gasteiger partial charge >= 0.3 is 0 Å². The molecular formula is C25H37NO2. The first-order valence-electron chi connectivity index (χ1n) is 11.5. The van der Waals surface area contributed by atoms with Crippen molar-refractivity contribution in [3.8, 4) is 11.5 Å². The number of ether oxygens (including phenoxy) is 1. The third-order valence-corrected chi connectivity index (χ3v) is 7.05.